The van der Waals surface area contributed by atoms with Crippen LogP contribution in [0.4, 0.5) is 123 Å². The molecule has 44 heteroatoms. The van der Waals surface area contributed by atoms with Gasteiger partial charge < -0.3 is 29.6 Å². The second-order valence-electron chi connectivity index (χ2n) is 17.0. The first-order chi connectivity index (χ1) is 35.1. The monoisotopic (exact) mass is 1330 g/mol. The second-order valence-corrected chi connectivity index (χ2v) is 21.1. The van der Waals surface area contributed by atoms with Crippen molar-refractivity contribution in [2.75, 3.05) is 71.3 Å². The Hall–Kier alpha value is -2.12. The van der Waals surface area contributed by atoms with Gasteiger partial charge in [0.1, 0.15) is 6.54 Å². The summed E-state index contributed by atoms with van der Waals surface area (Å²) in [6, 6.07) is 0. The maximum absolute atomic E-state index is 14.1. The van der Waals surface area contributed by atoms with Gasteiger partial charge in [-0.25, -0.2) is 43.8 Å². The van der Waals surface area contributed by atoms with Crippen LogP contribution in [0.2, 0.25) is 0 Å². The third-order valence-electron chi connectivity index (χ3n) is 10.2. The minimum atomic E-state index is -6.92. The molecular weight excluding hydrogens is 1280 g/mol. The summed E-state index contributed by atoms with van der Waals surface area (Å²) in [5, 5.41) is 19.5. The molecule has 0 heterocycles. The number of sulfonamides is 2. The first-order valence-electron chi connectivity index (χ1n) is 21.4. The van der Waals surface area contributed by atoms with Crippen molar-refractivity contribution in [3.8, 4) is 0 Å². The van der Waals surface area contributed by atoms with Gasteiger partial charge in [-0.2, -0.15) is 105 Å². The average molecular weight is 1330 g/mol. The quantitative estimate of drug-likeness (QED) is 0.0359. The average Bonchev–Trinajstić information content (AvgIpc) is 3.22. The summed E-state index contributed by atoms with van der Waals surface area (Å²) in [6.45, 7) is 3.84. The summed E-state index contributed by atoms with van der Waals surface area (Å²) in [5.74, 6) is -13.1. The predicted octanol–water partition coefficient (Wildman–Crippen LogP) is 4.14. The van der Waals surface area contributed by atoms with Crippen molar-refractivity contribution < 1.29 is 194 Å². The van der Waals surface area contributed by atoms with Gasteiger partial charge in [0.25, 0.3) is 22.7 Å². The molecule has 0 amide bonds. The molecule has 3 N–H and O–H groups in total. The van der Waals surface area contributed by atoms with E-state index in [9.17, 15) is 150 Å². The fraction of sp³-hybridized carbons (Fsp3) is 0.919. The predicted molar refractivity (Wildman–Crippen MR) is 218 cm³/mol. The number of nitrogens with one attached hydrogen (secondary N) is 3. The first kappa shape index (κ1) is 87.7. The van der Waals surface area contributed by atoms with E-state index in [1.807, 2.05) is 0 Å². The molecule has 0 aromatic rings. The molecule has 1 atom stereocenters. The van der Waals surface area contributed by atoms with Gasteiger partial charge in [-0.1, -0.05) is 0 Å². The maximum atomic E-state index is 14.1. The van der Waals surface area contributed by atoms with Crippen LogP contribution in [0.25, 0.3) is 0 Å². The molecule has 1 unspecified atom stereocenters. The molecule has 482 valence electrons. The van der Waals surface area contributed by atoms with Crippen molar-refractivity contribution in [3.63, 3.8) is 0 Å². The molecule has 0 rings (SSSR count). The smallest absolute Gasteiger partial charge is 0.549 e. The Kier molecular flexibility index (Phi) is 35.8. The number of carboxylic acids is 2. The van der Waals surface area contributed by atoms with Crippen molar-refractivity contribution in [1.82, 2.24) is 14.3 Å². The molecule has 0 saturated carbocycles. The molecule has 0 spiro atoms. The summed E-state index contributed by atoms with van der Waals surface area (Å²) in [7, 11) is -4.98. The third-order valence-corrected chi connectivity index (χ3v) is 13.3. The van der Waals surface area contributed by atoms with E-state index in [2.05, 4.69) is 18.5 Å². The van der Waals surface area contributed by atoms with Crippen LogP contribution < -0.4 is 54.1 Å². The molecule has 12 nitrogen and oxygen atoms in total. The summed E-state index contributed by atoms with van der Waals surface area (Å²) in [4.78, 5) is 21.4. The zero-order chi connectivity index (χ0) is 65.2. The van der Waals surface area contributed by atoms with E-state index >= 15 is 0 Å². The summed E-state index contributed by atoms with van der Waals surface area (Å²) in [6.07, 6.45) is -71.5. The van der Waals surface area contributed by atoms with E-state index in [-0.39, 0.29) is 62.0 Å². The number of alkyl halides is 29. The number of hydrogen-bond acceptors (Lipinski definition) is 9. The van der Waals surface area contributed by atoms with Crippen LogP contribution in [0.5, 0.6) is 0 Å². The van der Waals surface area contributed by atoms with Gasteiger partial charge in [-0.05, 0) is 51.7 Å². The number of rotatable bonds is 27. The largest absolute Gasteiger partial charge is 1.00 e. The van der Waals surface area contributed by atoms with E-state index in [1.54, 1.807) is 35.4 Å². The van der Waals surface area contributed by atoms with Crippen molar-refractivity contribution in [2.45, 2.75) is 130 Å². The molecule has 81 heavy (non-hydrogen) atoms. The van der Waals surface area contributed by atoms with Crippen molar-refractivity contribution in [3.05, 3.63) is 6.92 Å². The van der Waals surface area contributed by atoms with E-state index in [0.29, 0.717) is 4.90 Å². The molecule has 0 aromatic heterocycles. The van der Waals surface area contributed by atoms with E-state index in [0.717, 1.165) is 0 Å². The number of quaternary nitrogens is 1. The zero-order valence-electron chi connectivity index (χ0n) is 42.2. The number of halogens is 29. The van der Waals surface area contributed by atoms with Gasteiger partial charge in [0, 0.05) is 45.2 Å². The van der Waals surface area contributed by atoms with Crippen LogP contribution in [-0.4, -0.2) is 177 Å². The fourth-order valence-electron chi connectivity index (χ4n) is 6.08. The van der Waals surface area contributed by atoms with Crippen molar-refractivity contribution in [1.29, 1.82) is 0 Å². The maximum Gasteiger partial charge on any atom is 1.00 e. The molecular formula is C37H51ClF28N4NaO8S2+. The standard InChI is InChI=1S/C17H22F14N2O4S.C16H22F14N2O2S.C2H3ClO2.C2H5.Na/c1-33(9-11(34)35)5-2-4-32-38(36,37)6-3-10(7-12(18,14(20,21)22)15(23,24)25)8-13(19,16(26,27)28)17(29,30)31;1-32(2)6-3-5-31-35(33,34)7-4-10(8-11(17,13(19,20)21)14(22,23)24)9-12(18,15(25,26)27)16(28,29)30;3-1-2(4)5;1-2;/h10,32H,2-9H2,1H3,(H,34,35);10,31H,3-9H2,1-2H3;1H2,(H,4,5);1H2,2H3;/q;;;2*+1/p-1. The number of likely N-dealkylation sites (N-methyl/N-ethyl adjacent to an activating group) is 1. The minimum Gasteiger partial charge on any atom is -0.549 e. The van der Waals surface area contributed by atoms with Gasteiger partial charge >= 0.3 is 79.0 Å². The van der Waals surface area contributed by atoms with Crippen LogP contribution in [0.15, 0.2) is 0 Å². The Labute approximate surface area is 470 Å². The number of carbonyl (C=O) groups is 2. The topological polar surface area (TPSA) is 180 Å². The third kappa shape index (κ3) is 29.2. The van der Waals surface area contributed by atoms with Crippen molar-refractivity contribution >= 4 is 43.6 Å². The Morgan fingerprint density at radius 1 is 0.494 bits per heavy atom. The van der Waals surface area contributed by atoms with E-state index in [4.69, 9.17) is 9.90 Å². The molecule has 0 bridgehead atoms. The first-order valence-corrected chi connectivity index (χ1v) is 25.3. The SMILES string of the molecule is CN(C)CCCNS(=O)(=O)CCC(CC(F)(C(F)(F)F)C(F)(F)F)CC(F)(C(F)(F)F)C(F)(F)F.C[NH+](CCCNS(=O)(=O)CCC(CC(F)(C(F)(F)F)C(F)(F)F)CC(F)(C(F)(F)F)C(F)(F)F)CC(=O)[O-].O=C([O-])CCl.[CH2+]C.[Na+]. The fourth-order valence-corrected chi connectivity index (χ4v) is 8.56. The Morgan fingerprint density at radius 3 is 0.901 bits per heavy atom. The number of carboxylic acid groups (broad SMARTS) is 2. The number of carbonyl (C=O) groups excluding carboxylic acids is 2. The zero-order valence-corrected chi connectivity index (χ0v) is 46.6. The Bertz CT molecular complexity index is 1940. The summed E-state index contributed by atoms with van der Waals surface area (Å²) < 4.78 is 416. The van der Waals surface area contributed by atoms with Gasteiger partial charge in [-0.3, -0.25) is 0 Å². The Balaban J connectivity index is -0.000000422. The van der Waals surface area contributed by atoms with Crippen molar-refractivity contribution in [2.24, 2.45) is 11.8 Å². The minimum absolute atomic E-state index is 0. The molecule has 0 saturated heterocycles. The van der Waals surface area contributed by atoms with Gasteiger partial charge in [0.2, 0.25) is 20.0 Å². The number of hydrogen-bond donors (Lipinski definition) is 3. The summed E-state index contributed by atoms with van der Waals surface area (Å²) >= 11 is 4.67. The summed E-state index contributed by atoms with van der Waals surface area (Å²) in [5.41, 5.74) is -25.5. The van der Waals surface area contributed by atoms with Crippen LogP contribution >= 0.6 is 11.6 Å². The van der Waals surface area contributed by atoms with Gasteiger partial charge in [0.15, 0.2) is 0 Å². The van der Waals surface area contributed by atoms with Crippen LogP contribution in [0.3, 0.4) is 0 Å². The van der Waals surface area contributed by atoms with Gasteiger partial charge in [-0.15, -0.1) is 11.6 Å². The number of nitrogens with zero attached hydrogens (tertiary/aromatic N) is 1. The molecule has 0 aliphatic heterocycles. The van der Waals surface area contributed by atoms with Crippen LogP contribution in [0.1, 0.15) is 58.3 Å². The van der Waals surface area contributed by atoms with Crippen LogP contribution in [-0.2, 0) is 29.6 Å². The Morgan fingerprint density at radius 2 is 0.716 bits per heavy atom. The molecule has 0 aliphatic rings. The molecule has 0 radical (unpaired) electrons. The van der Waals surface area contributed by atoms with Gasteiger partial charge in [0.05, 0.1) is 56.8 Å². The molecule has 0 aliphatic carbocycles. The second kappa shape index (κ2) is 33.1. The number of aliphatic carboxylic acids is 2. The van der Waals surface area contributed by atoms with Crippen LogP contribution in [0, 0.1) is 18.8 Å². The molecule has 0 fully saturated rings. The van der Waals surface area contributed by atoms with E-state index in [1.165, 1.54) is 7.05 Å². The van der Waals surface area contributed by atoms with E-state index < -0.39 is 185 Å². The normalized spacial score (nSPS) is 14.5. The molecule has 0 aromatic carbocycles.